The number of nitrogens with one attached hydrogen (secondary N) is 1. The molecule has 0 atom stereocenters. The molecule has 3 heterocycles. The topological polar surface area (TPSA) is 100 Å². The van der Waals surface area contributed by atoms with Crippen molar-refractivity contribution in [1.82, 2.24) is 19.3 Å². The molecule has 0 radical (unpaired) electrons. The van der Waals surface area contributed by atoms with Crippen LogP contribution in [0.5, 0.6) is 17.2 Å². The number of benzene rings is 3. The van der Waals surface area contributed by atoms with Gasteiger partial charge in [0.1, 0.15) is 28.5 Å². The van der Waals surface area contributed by atoms with E-state index in [1.54, 1.807) is 78.9 Å². The van der Waals surface area contributed by atoms with Crippen LogP contribution in [0.15, 0.2) is 89.2 Å². The predicted molar refractivity (Wildman–Crippen MR) is 160 cm³/mol. The van der Waals surface area contributed by atoms with Gasteiger partial charge in [0.05, 0.1) is 23.3 Å². The van der Waals surface area contributed by atoms with Crippen LogP contribution in [0.1, 0.15) is 15.4 Å². The summed E-state index contributed by atoms with van der Waals surface area (Å²) in [5.74, 6) is -0.377. The van der Waals surface area contributed by atoms with Crippen molar-refractivity contribution >= 4 is 33.8 Å². The molecule has 0 saturated carbocycles. The van der Waals surface area contributed by atoms with Crippen LogP contribution < -0.4 is 20.3 Å². The molecule has 11 heteroatoms. The van der Waals surface area contributed by atoms with Gasteiger partial charge >= 0.3 is 0 Å². The lowest BCUT2D eigenvalue weighted by Gasteiger charge is -2.11. The van der Waals surface area contributed by atoms with E-state index in [1.807, 2.05) is 13.0 Å². The van der Waals surface area contributed by atoms with E-state index in [9.17, 15) is 9.59 Å². The molecule has 0 aliphatic carbocycles. The van der Waals surface area contributed by atoms with Crippen LogP contribution in [0.3, 0.4) is 0 Å². The van der Waals surface area contributed by atoms with Crippen LogP contribution in [-0.4, -0.2) is 32.3 Å². The van der Waals surface area contributed by atoms with E-state index in [2.05, 4.69) is 15.3 Å². The summed E-state index contributed by atoms with van der Waals surface area (Å²) < 4.78 is 29.4. The third-order valence-electron chi connectivity index (χ3n) is 6.68. The highest BCUT2D eigenvalue weighted by Crippen LogP contribution is 2.33. The van der Waals surface area contributed by atoms with Crippen LogP contribution in [0, 0.1) is 12.7 Å². The number of rotatable bonds is 7. The van der Waals surface area contributed by atoms with E-state index in [1.165, 1.54) is 28.2 Å². The third-order valence-corrected chi connectivity index (χ3v) is 7.45. The highest BCUT2D eigenvalue weighted by molar-refractivity contribution is 7.09. The standard InChI is InChI=1S/C31H24FN5O4S/c1-18-34-25(17-42-18)29-28(31(39)37(36(29)2)20-7-5-4-6-8-20)30(38)35-19-9-12-27(23(32)15-19)41-26-13-14-33-24-16-21(40-3)10-11-22(24)26/h4-17H,1-3H3,(H,35,38). The van der Waals surface area contributed by atoms with Gasteiger partial charge in [-0.25, -0.2) is 14.1 Å². The van der Waals surface area contributed by atoms with Gasteiger partial charge in [-0.3, -0.25) is 19.3 Å². The summed E-state index contributed by atoms with van der Waals surface area (Å²) in [7, 11) is 3.26. The molecule has 0 aliphatic heterocycles. The van der Waals surface area contributed by atoms with E-state index in [4.69, 9.17) is 9.47 Å². The zero-order valence-corrected chi connectivity index (χ0v) is 23.6. The number of pyridine rings is 1. The van der Waals surface area contributed by atoms with E-state index >= 15 is 4.39 Å². The molecule has 0 bridgehead atoms. The first-order chi connectivity index (χ1) is 20.3. The number of para-hydroxylation sites is 1. The molecule has 6 rings (SSSR count). The largest absolute Gasteiger partial charge is 0.497 e. The minimum absolute atomic E-state index is 0.0406. The number of carbonyl (C=O) groups is 1. The number of thiazole rings is 1. The lowest BCUT2D eigenvalue weighted by Crippen LogP contribution is -2.25. The molecule has 1 amide bonds. The fourth-order valence-electron chi connectivity index (χ4n) is 4.73. The molecule has 42 heavy (non-hydrogen) atoms. The summed E-state index contributed by atoms with van der Waals surface area (Å²) >= 11 is 1.41. The van der Waals surface area contributed by atoms with Crippen molar-refractivity contribution < 1.29 is 18.7 Å². The first kappa shape index (κ1) is 26.9. The lowest BCUT2D eigenvalue weighted by molar-refractivity contribution is 0.102. The fourth-order valence-corrected chi connectivity index (χ4v) is 5.32. The Morgan fingerprint density at radius 2 is 1.83 bits per heavy atom. The molecule has 6 aromatic rings. The zero-order chi connectivity index (χ0) is 29.4. The smallest absolute Gasteiger partial charge is 0.285 e. The van der Waals surface area contributed by atoms with E-state index in [0.29, 0.717) is 39.5 Å². The minimum Gasteiger partial charge on any atom is -0.497 e. The van der Waals surface area contributed by atoms with Gasteiger partial charge in [0.2, 0.25) is 0 Å². The normalized spacial score (nSPS) is 11.0. The van der Waals surface area contributed by atoms with Crippen molar-refractivity contribution in [3.8, 4) is 34.3 Å². The lowest BCUT2D eigenvalue weighted by atomic mass is 10.1. The number of fused-ring (bicyclic) bond motifs is 1. The molecular weight excluding hydrogens is 557 g/mol. The number of halogens is 1. The van der Waals surface area contributed by atoms with Crippen molar-refractivity contribution in [2.45, 2.75) is 6.92 Å². The van der Waals surface area contributed by atoms with E-state index in [0.717, 1.165) is 11.1 Å². The number of amides is 1. The van der Waals surface area contributed by atoms with Gasteiger partial charge in [-0.1, -0.05) is 18.2 Å². The Kier molecular flexibility index (Phi) is 7.01. The van der Waals surface area contributed by atoms with Gasteiger partial charge in [0.25, 0.3) is 11.5 Å². The fraction of sp³-hybridized carbons (Fsp3) is 0.0968. The van der Waals surface area contributed by atoms with Gasteiger partial charge in [-0.05, 0) is 49.4 Å². The maximum Gasteiger partial charge on any atom is 0.285 e. The summed E-state index contributed by atoms with van der Waals surface area (Å²) in [6.07, 6.45) is 1.56. The number of anilines is 1. The van der Waals surface area contributed by atoms with Gasteiger partial charge in [0.15, 0.2) is 11.6 Å². The van der Waals surface area contributed by atoms with E-state index < -0.39 is 17.3 Å². The van der Waals surface area contributed by atoms with Gasteiger partial charge in [-0.15, -0.1) is 11.3 Å². The monoisotopic (exact) mass is 581 g/mol. The highest BCUT2D eigenvalue weighted by atomic mass is 32.1. The zero-order valence-electron chi connectivity index (χ0n) is 22.8. The molecule has 0 unspecified atom stereocenters. The quantitative estimate of drug-likeness (QED) is 0.236. The second-order valence-corrected chi connectivity index (χ2v) is 10.4. The van der Waals surface area contributed by atoms with Crippen molar-refractivity contribution in [3.63, 3.8) is 0 Å². The molecule has 9 nitrogen and oxygen atoms in total. The number of aromatic nitrogens is 4. The first-order valence-corrected chi connectivity index (χ1v) is 13.7. The second-order valence-electron chi connectivity index (χ2n) is 9.35. The van der Waals surface area contributed by atoms with Crippen molar-refractivity contribution in [2.24, 2.45) is 7.05 Å². The van der Waals surface area contributed by atoms with Gasteiger partial charge < -0.3 is 14.8 Å². The summed E-state index contributed by atoms with van der Waals surface area (Å²) in [5, 5.41) is 5.93. The maximum absolute atomic E-state index is 15.2. The number of hydrogen-bond acceptors (Lipinski definition) is 7. The van der Waals surface area contributed by atoms with Crippen LogP contribution in [0.2, 0.25) is 0 Å². The molecule has 0 fully saturated rings. The number of nitrogens with zero attached hydrogens (tertiary/aromatic N) is 4. The van der Waals surface area contributed by atoms with Crippen LogP contribution in [0.4, 0.5) is 10.1 Å². The highest BCUT2D eigenvalue weighted by Gasteiger charge is 2.27. The Hall–Kier alpha value is -5.29. The molecule has 0 saturated heterocycles. The summed E-state index contributed by atoms with van der Waals surface area (Å²) in [4.78, 5) is 36.1. The van der Waals surface area contributed by atoms with E-state index in [-0.39, 0.29) is 17.0 Å². The SMILES string of the molecule is COc1ccc2c(Oc3ccc(NC(=O)c4c(-c5csc(C)n5)n(C)n(-c5ccccc5)c4=O)cc3F)ccnc2c1. The number of methoxy groups -OCH3 is 1. The average molecular weight is 582 g/mol. The average Bonchev–Trinajstić information content (AvgIpc) is 3.53. The van der Waals surface area contributed by atoms with Crippen LogP contribution >= 0.6 is 11.3 Å². The molecular formula is C31H24FN5O4S. The number of hydrogen-bond donors (Lipinski definition) is 1. The molecule has 3 aromatic carbocycles. The Morgan fingerprint density at radius 1 is 1.02 bits per heavy atom. The number of aryl methyl sites for hydroxylation is 1. The Balaban J connectivity index is 1.32. The van der Waals surface area contributed by atoms with Gasteiger partial charge in [-0.2, -0.15) is 0 Å². The maximum atomic E-state index is 15.2. The summed E-state index contributed by atoms with van der Waals surface area (Å²) in [5.41, 5.74) is 1.60. The Morgan fingerprint density at radius 3 is 2.55 bits per heavy atom. The molecule has 0 spiro atoms. The Bertz CT molecular complexity index is 2020. The molecule has 3 aromatic heterocycles. The Labute approximate surface area is 243 Å². The van der Waals surface area contributed by atoms with Crippen molar-refractivity contribution in [3.05, 3.63) is 111 Å². The predicted octanol–water partition coefficient (Wildman–Crippen LogP) is 6.35. The van der Waals surface area contributed by atoms with Gasteiger partial charge in [0, 0.05) is 41.8 Å². The minimum atomic E-state index is -0.698. The number of ether oxygens (including phenoxy) is 2. The molecule has 210 valence electrons. The number of carbonyl (C=O) groups excluding carboxylic acids is 1. The first-order valence-electron chi connectivity index (χ1n) is 12.9. The van der Waals surface area contributed by atoms with Crippen molar-refractivity contribution in [2.75, 3.05) is 12.4 Å². The third kappa shape index (κ3) is 4.90. The van der Waals surface area contributed by atoms with Crippen molar-refractivity contribution in [1.29, 1.82) is 0 Å². The molecule has 1 N–H and O–H groups in total. The van der Waals surface area contributed by atoms with Crippen LogP contribution in [-0.2, 0) is 7.05 Å². The second kappa shape index (κ2) is 10.9. The molecule has 0 aliphatic rings. The summed E-state index contributed by atoms with van der Waals surface area (Å²) in [6, 6.07) is 20.0. The van der Waals surface area contributed by atoms with Crippen LogP contribution in [0.25, 0.3) is 28.0 Å². The summed E-state index contributed by atoms with van der Waals surface area (Å²) in [6.45, 7) is 1.85.